The first-order chi connectivity index (χ1) is 4.48. The van der Waals surface area contributed by atoms with E-state index in [0.717, 1.165) is 6.42 Å². The van der Waals surface area contributed by atoms with Crippen LogP contribution in [0.2, 0.25) is 0 Å². The van der Waals surface area contributed by atoms with Crippen molar-refractivity contribution in [2.75, 3.05) is 6.54 Å². The molecule has 0 bridgehead atoms. The molecule has 0 saturated heterocycles. The van der Waals surface area contributed by atoms with Gasteiger partial charge in [0.1, 0.15) is 0 Å². The Morgan fingerprint density at radius 3 is 2.40 bits per heavy atom. The maximum absolute atomic E-state index is 10.1. The lowest BCUT2D eigenvalue weighted by molar-refractivity contribution is 0.348. The lowest BCUT2D eigenvalue weighted by Gasteiger charge is -2.23. The minimum absolute atomic E-state index is 0.0695. The van der Waals surface area contributed by atoms with Gasteiger partial charge in [0, 0.05) is 17.8 Å². The Hall–Kier alpha value is 0.0700. The summed E-state index contributed by atoms with van der Waals surface area (Å²) in [7, 11) is 0. The van der Waals surface area contributed by atoms with Crippen molar-refractivity contribution in [3.05, 3.63) is 0 Å². The van der Waals surface area contributed by atoms with Crippen LogP contribution in [0.1, 0.15) is 27.2 Å². The van der Waals surface area contributed by atoms with Crippen molar-refractivity contribution >= 4 is 11.3 Å². The van der Waals surface area contributed by atoms with Crippen LogP contribution in [-0.2, 0) is 11.3 Å². The molecular weight excluding hydrogens is 150 g/mol. The second-order valence-electron chi connectivity index (χ2n) is 3.07. The maximum Gasteiger partial charge on any atom is 0.0181 e. The van der Waals surface area contributed by atoms with Crippen molar-refractivity contribution in [3.8, 4) is 0 Å². The van der Waals surface area contributed by atoms with Gasteiger partial charge in [0.2, 0.25) is 0 Å². The molecule has 0 rings (SSSR count). The van der Waals surface area contributed by atoms with E-state index in [1.807, 2.05) is 20.8 Å². The molecule has 1 N–H and O–H groups in total. The Labute approximate surface area is 64.6 Å². The van der Waals surface area contributed by atoms with Crippen LogP contribution in [0.3, 0.4) is 0 Å². The van der Waals surface area contributed by atoms with Crippen molar-refractivity contribution in [1.29, 1.82) is 0 Å². The third-order valence-corrected chi connectivity index (χ3v) is 2.01. The van der Waals surface area contributed by atoms with Gasteiger partial charge in [-0.2, -0.15) is 0 Å². The van der Waals surface area contributed by atoms with Gasteiger partial charge in [-0.3, -0.25) is 4.21 Å². The second kappa shape index (κ2) is 4.05. The summed E-state index contributed by atoms with van der Waals surface area (Å²) in [5, 5.41) is 0. The van der Waals surface area contributed by atoms with Crippen molar-refractivity contribution in [2.24, 2.45) is 5.41 Å². The molecule has 1 unspecified atom stereocenters. The molecule has 0 fully saturated rings. The summed E-state index contributed by atoms with van der Waals surface area (Å²) in [6.07, 6.45) is 0.969. The molecule has 0 aromatic heterocycles. The minimum Gasteiger partial charge on any atom is -0.760 e. The van der Waals surface area contributed by atoms with Crippen LogP contribution < -0.4 is 4.72 Å². The van der Waals surface area contributed by atoms with Crippen LogP contribution in [0.25, 0.3) is 0 Å². The fourth-order valence-corrected chi connectivity index (χ4v) is 0.888. The highest BCUT2D eigenvalue weighted by atomic mass is 32.2. The van der Waals surface area contributed by atoms with E-state index < -0.39 is 11.3 Å². The Kier molecular flexibility index (Phi) is 4.08. The smallest absolute Gasteiger partial charge is 0.0181 e. The van der Waals surface area contributed by atoms with Crippen LogP contribution in [0.15, 0.2) is 0 Å². The number of hydrogen-bond acceptors (Lipinski definition) is 2. The van der Waals surface area contributed by atoms with Gasteiger partial charge in [0.15, 0.2) is 0 Å². The van der Waals surface area contributed by atoms with E-state index in [9.17, 15) is 8.76 Å². The molecule has 0 aliphatic carbocycles. The standard InChI is InChI=1S/C6H15NO2S/c1-4-6(2,3)5-7-10(8)9/h7H,4-5H2,1-3H3,(H,8,9)/p-1. The van der Waals surface area contributed by atoms with Crippen molar-refractivity contribution in [1.82, 2.24) is 4.72 Å². The Bertz CT molecular complexity index is 125. The summed E-state index contributed by atoms with van der Waals surface area (Å²) in [5.74, 6) is 0. The highest BCUT2D eigenvalue weighted by Gasteiger charge is 2.13. The lowest BCUT2D eigenvalue weighted by atomic mass is 9.91. The van der Waals surface area contributed by atoms with Gasteiger partial charge in [-0.1, -0.05) is 20.8 Å². The predicted molar refractivity (Wildman–Crippen MR) is 41.0 cm³/mol. The van der Waals surface area contributed by atoms with Crippen LogP contribution in [0.5, 0.6) is 0 Å². The summed E-state index contributed by atoms with van der Waals surface area (Å²) < 4.78 is 22.5. The molecule has 0 heterocycles. The third-order valence-electron chi connectivity index (χ3n) is 1.63. The molecule has 0 saturated carbocycles. The van der Waals surface area contributed by atoms with Gasteiger partial charge in [0.05, 0.1) is 0 Å². The zero-order chi connectivity index (χ0) is 8.20. The first kappa shape index (κ1) is 10.1. The van der Waals surface area contributed by atoms with Crippen molar-refractivity contribution in [2.45, 2.75) is 27.2 Å². The molecule has 0 aromatic carbocycles. The highest BCUT2D eigenvalue weighted by molar-refractivity contribution is 7.77. The van der Waals surface area contributed by atoms with Crippen LogP contribution in [0, 0.1) is 5.41 Å². The van der Waals surface area contributed by atoms with Crippen LogP contribution >= 0.6 is 0 Å². The predicted octanol–water partition coefficient (Wildman–Crippen LogP) is 0.806. The van der Waals surface area contributed by atoms with E-state index in [-0.39, 0.29) is 5.41 Å². The average molecular weight is 164 g/mol. The molecule has 0 spiro atoms. The average Bonchev–Trinajstić information content (AvgIpc) is 1.85. The van der Waals surface area contributed by atoms with Gasteiger partial charge in [-0.15, -0.1) is 0 Å². The molecule has 10 heavy (non-hydrogen) atoms. The van der Waals surface area contributed by atoms with E-state index in [4.69, 9.17) is 0 Å². The number of rotatable bonds is 4. The molecule has 62 valence electrons. The fraction of sp³-hybridized carbons (Fsp3) is 1.00. The first-order valence-electron chi connectivity index (χ1n) is 3.31. The zero-order valence-electron chi connectivity index (χ0n) is 6.64. The van der Waals surface area contributed by atoms with E-state index >= 15 is 0 Å². The minimum atomic E-state index is -2.11. The van der Waals surface area contributed by atoms with E-state index in [1.54, 1.807) is 0 Å². The van der Waals surface area contributed by atoms with Gasteiger partial charge in [-0.25, -0.2) is 4.72 Å². The van der Waals surface area contributed by atoms with Gasteiger partial charge < -0.3 is 4.55 Å². The largest absolute Gasteiger partial charge is 0.760 e. The normalized spacial score (nSPS) is 15.2. The third kappa shape index (κ3) is 4.90. The van der Waals surface area contributed by atoms with Crippen LogP contribution in [-0.4, -0.2) is 15.3 Å². The molecule has 1 atom stereocenters. The van der Waals surface area contributed by atoms with Gasteiger partial charge in [0.25, 0.3) is 0 Å². The first-order valence-corrected chi connectivity index (χ1v) is 4.38. The summed E-state index contributed by atoms with van der Waals surface area (Å²) in [4.78, 5) is 0. The molecule has 3 nitrogen and oxygen atoms in total. The van der Waals surface area contributed by atoms with Crippen molar-refractivity contribution < 1.29 is 8.76 Å². The van der Waals surface area contributed by atoms with E-state index in [2.05, 4.69) is 4.72 Å². The Morgan fingerprint density at radius 1 is 1.60 bits per heavy atom. The maximum atomic E-state index is 10.1. The molecule has 0 aliphatic rings. The Morgan fingerprint density at radius 2 is 2.10 bits per heavy atom. The monoisotopic (exact) mass is 164 g/mol. The topological polar surface area (TPSA) is 52.2 Å². The van der Waals surface area contributed by atoms with Gasteiger partial charge in [-0.05, 0) is 11.8 Å². The molecular formula is C6H14NO2S-. The number of nitrogens with one attached hydrogen (secondary N) is 1. The van der Waals surface area contributed by atoms with E-state index in [1.165, 1.54) is 0 Å². The fourth-order valence-electron chi connectivity index (χ4n) is 0.379. The molecule has 0 radical (unpaired) electrons. The summed E-state index contributed by atoms with van der Waals surface area (Å²) >= 11 is -2.11. The second-order valence-corrected chi connectivity index (χ2v) is 3.83. The lowest BCUT2D eigenvalue weighted by Crippen LogP contribution is -2.29. The highest BCUT2D eigenvalue weighted by Crippen LogP contribution is 2.17. The number of hydrogen-bond donors (Lipinski definition) is 1. The summed E-state index contributed by atoms with van der Waals surface area (Å²) in [5.41, 5.74) is 0.0695. The zero-order valence-corrected chi connectivity index (χ0v) is 7.46. The quantitative estimate of drug-likeness (QED) is 0.625. The molecule has 4 heteroatoms. The van der Waals surface area contributed by atoms with Crippen LogP contribution in [0.4, 0.5) is 0 Å². The van der Waals surface area contributed by atoms with Crippen molar-refractivity contribution in [3.63, 3.8) is 0 Å². The Balaban J connectivity index is 3.56. The molecule has 0 aromatic rings. The SMILES string of the molecule is CCC(C)(C)CNS(=O)[O-]. The summed E-state index contributed by atoms with van der Waals surface area (Å²) in [6, 6.07) is 0. The van der Waals surface area contributed by atoms with E-state index in [0.29, 0.717) is 6.54 Å². The molecule has 0 amide bonds. The van der Waals surface area contributed by atoms with Gasteiger partial charge >= 0.3 is 0 Å². The molecule has 0 aliphatic heterocycles. The summed E-state index contributed by atoms with van der Waals surface area (Å²) in [6.45, 7) is 6.59.